The Labute approximate surface area is 59.8 Å². The first-order chi connectivity index (χ1) is 4.65. The predicted molar refractivity (Wildman–Crippen MR) is 37.8 cm³/mol. The van der Waals surface area contributed by atoms with Crippen molar-refractivity contribution in [2.24, 2.45) is 5.84 Å². The normalized spacial score (nSPS) is 7.80. The molecular formula is C5H14N2O3. The van der Waals surface area contributed by atoms with Crippen LogP contribution < -0.4 is 11.3 Å². The molecule has 0 aliphatic heterocycles. The van der Waals surface area contributed by atoms with Gasteiger partial charge in [0.2, 0.25) is 0 Å². The zero-order valence-electron chi connectivity index (χ0n) is 6.00. The summed E-state index contributed by atoms with van der Waals surface area (Å²) in [6.07, 6.45) is 0.556. The van der Waals surface area contributed by atoms with E-state index in [1.807, 2.05) is 0 Å². The highest BCUT2D eigenvalue weighted by Crippen LogP contribution is 1.78. The van der Waals surface area contributed by atoms with Crippen molar-refractivity contribution in [1.29, 1.82) is 0 Å². The monoisotopic (exact) mass is 150 g/mol. The van der Waals surface area contributed by atoms with Gasteiger partial charge in [-0.1, -0.05) is 13.3 Å². The van der Waals surface area contributed by atoms with Crippen LogP contribution in [0.5, 0.6) is 0 Å². The topological polar surface area (TPSA) is 95.6 Å². The lowest BCUT2D eigenvalue weighted by Crippen LogP contribution is -2.22. The van der Waals surface area contributed by atoms with Gasteiger partial charge in [0, 0.05) is 6.54 Å². The molecule has 0 aliphatic carbocycles. The largest absolute Gasteiger partial charge is 0.503 e. The third-order valence-corrected chi connectivity index (χ3v) is 0.675. The van der Waals surface area contributed by atoms with Crippen LogP contribution in [0.4, 0.5) is 4.79 Å². The minimum Gasteiger partial charge on any atom is -0.450 e. The zero-order valence-corrected chi connectivity index (χ0v) is 6.00. The van der Waals surface area contributed by atoms with Crippen LogP contribution in [0.2, 0.25) is 0 Å². The molecule has 0 aromatic rings. The number of rotatable bonds is 3. The van der Waals surface area contributed by atoms with E-state index in [0.29, 0.717) is 0 Å². The Balaban J connectivity index is 0. The molecule has 0 spiro atoms. The molecule has 0 atom stereocenters. The van der Waals surface area contributed by atoms with E-state index in [-0.39, 0.29) is 0 Å². The van der Waals surface area contributed by atoms with Gasteiger partial charge in [-0.3, -0.25) is 11.3 Å². The van der Waals surface area contributed by atoms with E-state index in [2.05, 4.69) is 12.3 Å². The van der Waals surface area contributed by atoms with Crippen molar-refractivity contribution in [3.05, 3.63) is 0 Å². The highest BCUT2D eigenvalue weighted by atomic mass is 16.6. The first-order valence-corrected chi connectivity index (χ1v) is 3.00. The molecule has 0 heterocycles. The summed E-state index contributed by atoms with van der Waals surface area (Å²) in [5.41, 5.74) is 2.57. The van der Waals surface area contributed by atoms with Gasteiger partial charge in [0.05, 0.1) is 0 Å². The molecule has 0 aromatic carbocycles. The van der Waals surface area contributed by atoms with Gasteiger partial charge in [-0.25, -0.2) is 4.79 Å². The number of unbranched alkanes of at least 4 members (excludes halogenated alkanes) is 1. The van der Waals surface area contributed by atoms with Crippen LogP contribution in [0.1, 0.15) is 19.8 Å². The third-order valence-electron chi connectivity index (χ3n) is 0.675. The second-order valence-electron chi connectivity index (χ2n) is 1.59. The summed E-state index contributed by atoms with van der Waals surface area (Å²) in [5.74, 6) is 4.96. The lowest BCUT2D eigenvalue weighted by atomic mass is 10.3. The van der Waals surface area contributed by atoms with Crippen LogP contribution in [0, 0.1) is 0 Å². The summed E-state index contributed by atoms with van der Waals surface area (Å²) in [6.45, 7) is 3.08. The Kier molecular flexibility index (Phi) is 13.2. The molecular weight excluding hydrogens is 136 g/mol. The summed E-state index contributed by atoms with van der Waals surface area (Å²) < 4.78 is 0. The van der Waals surface area contributed by atoms with E-state index in [4.69, 9.17) is 20.9 Å². The van der Waals surface area contributed by atoms with Crippen molar-refractivity contribution >= 4 is 6.16 Å². The van der Waals surface area contributed by atoms with E-state index in [1.54, 1.807) is 0 Å². The highest BCUT2D eigenvalue weighted by Gasteiger charge is 1.73. The number of carboxylic acid groups (broad SMARTS) is 2. The van der Waals surface area contributed by atoms with E-state index in [9.17, 15) is 0 Å². The average molecular weight is 150 g/mol. The first-order valence-electron chi connectivity index (χ1n) is 3.00. The predicted octanol–water partition coefficient (Wildman–Crippen LogP) is 0.472. The Morgan fingerprint density at radius 2 is 2.00 bits per heavy atom. The highest BCUT2D eigenvalue weighted by molar-refractivity contribution is 5.53. The van der Waals surface area contributed by atoms with Crippen LogP contribution in [-0.2, 0) is 0 Å². The number of hydrazine groups is 1. The van der Waals surface area contributed by atoms with Crippen molar-refractivity contribution in [2.45, 2.75) is 19.8 Å². The van der Waals surface area contributed by atoms with Gasteiger partial charge in [0.25, 0.3) is 0 Å². The van der Waals surface area contributed by atoms with Gasteiger partial charge in [-0.05, 0) is 6.42 Å². The van der Waals surface area contributed by atoms with Gasteiger partial charge in [-0.2, -0.15) is 0 Å². The Morgan fingerprint density at radius 3 is 2.10 bits per heavy atom. The maximum absolute atomic E-state index is 8.56. The second kappa shape index (κ2) is 11.0. The van der Waals surface area contributed by atoms with E-state index < -0.39 is 6.16 Å². The average Bonchev–Trinajstić information content (AvgIpc) is 1.82. The molecule has 0 amide bonds. The van der Waals surface area contributed by atoms with E-state index in [1.165, 1.54) is 12.8 Å². The second-order valence-corrected chi connectivity index (χ2v) is 1.59. The maximum Gasteiger partial charge on any atom is 0.503 e. The molecule has 0 saturated carbocycles. The summed E-state index contributed by atoms with van der Waals surface area (Å²) in [7, 11) is 0. The molecule has 0 aliphatic rings. The van der Waals surface area contributed by atoms with Crippen LogP contribution in [-0.4, -0.2) is 22.9 Å². The fraction of sp³-hybridized carbons (Fsp3) is 0.800. The summed E-state index contributed by atoms with van der Waals surface area (Å²) in [5, 5.41) is 13.9. The molecule has 0 unspecified atom stereocenters. The van der Waals surface area contributed by atoms with Crippen LogP contribution >= 0.6 is 0 Å². The zero-order chi connectivity index (χ0) is 8.41. The Hall–Kier alpha value is -0.810. The Bertz CT molecular complexity index is 69.3. The van der Waals surface area contributed by atoms with Gasteiger partial charge < -0.3 is 10.2 Å². The molecule has 0 bridgehead atoms. The Morgan fingerprint density at radius 1 is 1.60 bits per heavy atom. The quantitative estimate of drug-likeness (QED) is 0.266. The van der Waals surface area contributed by atoms with Crippen molar-refractivity contribution in [1.82, 2.24) is 5.43 Å². The van der Waals surface area contributed by atoms with Crippen molar-refractivity contribution in [3.63, 3.8) is 0 Å². The molecule has 0 radical (unpaired) electrons. The van der Waals surface area contributed by atoms with Crippen LogP contribution in [0.15, 0.2) is 0 Å². The maximum atomic E-state index is 8.56. The molecule has 0 rings (SSSR count). The number of hydrogen-bond donors (Lipinski definition) is 4. The SMILES string of the molecule is CCCCNN.O=C(O)O. The van der Waals surface area contributed by atoms with Crippen LogP contribution in [0.3, 0.4) is 0 Å². The molecule has 0 aromatic heterocycles. The van der Waals surface area contributed by atoms with Crippen molar-refractivity contribution in [3.8, 4) is 0 Å². The van der Waals surface area contributed by atoms with Gasteiger partial charge in [0.15, 0.2) is 0 Å². The van der Waals surface area contributed by atoms with Gasteiger partial charge in [-0.15, -0.1) is 0 Å². The molecule has 10 heavy (non-hydrogen) atoms. The molecule has 0 saturated heterocycles. The van der Waals surface area contributed by atoms with Gasteiger partial charge >= 0.3 is 6.16 Å². The standard InChI is InChI=1S/C4H12N2.CH2O3/c1-2-3-4-6-5;2-1(3)4/h6H,2-5H2,1H3;(H2,2,3,4). The fourth-order valence-electron chi connectivity index (χ4n) is 0.279. The molecule has 0 fully saturated rings. The molecule has 62 valence electrons. The number of nitrogens with one attached hydrogen (secondary N) is 1. The fourth-order valence-corrected chi connectivity index (χ4v) is 0.279. The third kappa shape index (κ3) is 57.4. The summed E-state index contributed by atoms with van der Waals surface area (Å²) >= 11 is 0. The number of nitrogens with two attached hydrogens (primary N) is 1. The smallest absolute Gasteiger partial charge is 0.450 e. The minimum absolute atomic E-state index is 0.941. The minimum atomic E-state index is -1.83. The first kappa shape index (κ1) is 11.9. The number of hydrogen-bond acceptors (Lipinski definition) is 3. The summed E-state index contributed by atoms with van der Waals surface area (Å²) in [4.78, 5) is 8.56. The van der Waals surface area contributed by atoms with Crippen LogP contribution in [0.25, 0.3) is 0 Å². The number of carbonyl (C=O) groups is 1. The summed E-state index contributed by atoms with van der Waals surface area (Å²) in [6, 6.07) is 0. The molecule has 5 nitrogen and oxygen atoms in total. The molecule has 5 heteroatoms. The lowest BCUT2D eigenvalue weighted by Gasteiger charge is -1.89. The van der Waals surface area contributed by atoms with Crippen molar-refractivity contribution < 1.29 is 15.0 Å². The molecule has 5 N–H and O–H groups in total. The van der Waals surface area contributed by atoms with Crippen molar-refractivity contribution in [2.75, 3.05) is 6.54 Å². The van der Waals surface area contributed by atoms with E-state index in [0.717, 1.165) is 6.54 Å². The van der Waals surface area contributed by atoms with Gasteiger partial charge in [0.1, 0.15) is 0 Å². The van der Waals surface area contributed by atoms with E-state index >= 15 is 0 Å². The lowest BCUT2D eigenvalue weighted by molar-refractivity contribution is 0.137.